The van der Waals surface area contributed by atoms with Crippen LogP contribution in [0.15, 0.2) is 18.2 Å². The summed E-state index contributed by atoms with van der Waals surface area (Å²) < 4.78 is 18.7. The van der Waals surface area contributed by atoms with Gasteiger partial charge in [-0.15, -0.1) is 0 Å². The normalized spacial score (nSPS) is 13.1. The molecule has 0 saturated carbocycles. The lowest BCUT2D eigenvalue weighted by molar-refractivity contribution is 0.167. The van der Waals surface area contributed by atoms with Crippen LogP contribution in [-0.4, -0.2) is 31.6 Å². The minimum absolute atomic E-state index is 0.0327. The molecule has 1 aromatic rings. The Morgan fingerprint density at radius 3 is 2.37 bits per heavy atom. The van der Waals surface area contributed by atoms with E-state index in [1.807, 2.05) is 6.07 Å². The van der Waals surface area contributed by atoms with Crippen molar-refractivity contribution in [3.05, 3.63) is 29.6 Å². The fourth-order valence-electron chi connectivity index (χ4n) is 2.55. The van der Waals surface area contributed by atoms with Crippen LogP contribution in [0.25, 0.3) is 0 Å². The van der Waals surface area contributed by atoms with Crippen molar-refractivity contribution in [3.63, 3.8) is 0 Å². The molecule has 0 fully saturated rings. The van der Waals surface area contributed by atoms with Gasteiger partial charge >= 0.3 is 0 Å². The van der Waals surface area contributed by atoms with Gasteiger partial charge in [0.1, 0.15) is 0 Å². The summed E-state index contributed by atoms with van der Waals surface area (Å²) in [6, 6.07) is 5.56. The minimum atomic E-state index is -0.337. The van der Waals surface area contributed by atoms with Crippen LogP contribution in [0.5, 0.6) is 5.75 Å². The molecule has 0 aliphatic rings. The molecule has 0 aliphatic carbocycles. The Bertz CT molecular complexity index is 394. The van der Waals surface area contributed by atoms with E-state index in [2.05, 4.69) is 25.8 Å². The number of nitrogens with two attached hydrogens (primary N) is 1. The number of hydrogen-bond acceptors (Lipinski definition) is 3. The highest BCUT2D eigenvalue weighted by Crippen LogP contribution is 2.26. The van der Waals surface area contributed by atoms with Crippen molar-refractivity contribution in [3.8, 4) is 5.75 Å². The van der Waals surface area contributed by atoms with Crippen LogP contribution in [0.3, 0.4) is 0 Å². The van der Waals surface area contributed by atoms with E-state index in [0.717, 1.165) is 18.4 Å². The Balaban J connectivity index is 2.99. The average molecular weight is 268 g/mol. The number of methoxy groups -OCH3 is 1. The summed E-state index contributed by atoms with van der Waals surface area (Å²) in [7, 11) is 3.52. The van der Waals surface area contributed by atoms with Crippen LogP contribution >= 0.6 is 0 Å². The lowest BCUT2D eigenvalue weighted by atomic mass is 10.0. The van der Waals surface area contributed by atoms with Gasteiger partial charge in [-0.3, -0.25) is 4.90 Å². The molecule has 108 valence electrons. The van der Waals surface area contributed by atoms with E-state index in [0.29, 0.717) is 12.6 Å². The van der Waals surface area contributed by atoms with Gasteiger partial charge in [-0.25, -0.2) is 4.39 Å². The van der Waals surface area contributed by atoms with E-state index >= 15 is 0 Å². The Morgan fingerprint density at radius 2 is 1.95 bits per heavy atom. The first kappa shape index (κ1) is 15.9. The zero-order chi connectivity index (χ0) is 14.4. The lowest BCUT2D eigenvalue weighted by Gasteiger charge is -2.34. The number of likely N-dealkylation sites (N-methyl/N-ethyl adjacent to an activating group) is 1. The second kappa shape index (κ2) is 7.46. The van der Waals surface area contributed by atoms with E-state index < -0.39 is 0 Å². The first-order chi connectivity index (χ1) is 9.08. The van der Waals surface area contributed by atoms with Crippen LogP contribution in [-0.2, 0) is 0 Å². The average Bonchev–Trinajstić information content (AvgIpc) is 2.41. The number of rotatable bonds is 7. The van der Waals surface area contributed by atoms with Gasteiger partial charge in [0, 0.05) is 18.6 Å². The van der Waals surface area contributed by atoms with Gasteiger partial charge in [0.15, 0.2) is 11.6 Å². The molecule has 3 nitrogen and oxygen atoms in total. The van der Waals surface area contributed by atoms with Gasteiger partial charge < -0.3 is 10.5 Å². The van der Waals surface area contributed by atoms with Crippen molar-refractivity contribution in [2.75, 3.05) is 20.7 Å². The predicted molar refractivity (Wildman–Crippen MR) is 76.9 cm³/mol. The summed E-state index contributed by atoms with van der Waals surface area (Å²) in [4.78, 5) is 2.24. The molecule has 1 rings (SSSR count). The molecule has 2 N–H and O–H groups in total. The van der Waals surface area contributed by atoms with Gasteiger partial charge in [-0.05, 0) is 37.6 Å². The quantitative estimate of drug-likeness (QED) is 0.826. The molecular weight excluding hydrogens is 243 g/mol. The predicted octanol–water partition coefficient (Wildman–Crippen LogP) is 2.95. The van der Waals surface area contributed by atoms with Gasteiger partial charge in [-0.2, -0.15) is 0 Å². The molecule has 1 aromatic carbocycles. The minimum Gasteiger partial charge on any atom is -0.494 e. The Morgan fingerprint density at radius 1 is 1.32 bits per heavy atom. The third kappa shape index (κ3) is 3.67. The molecular formula is C15H25FN2O. The third-order valence-corrected chi connectivity index (χ3v) is 3.79. The van der Waals surface area contributed by atoms with E-state index in [-0.39, 0.29) is 17.6 Å². The van der Waals surface area contributed by atoms with Gasteiger partial charge in [-0.1, -0.05) is 19.9 Å². The third-order valence-electron chi connectivity index (χ3n) is 3.79. The van der Waals surface area contributed by atoms with E-state index in [9.17, 15) is 4.39 Å². The second-order valence-corrected chi connectivity index (χ2v) is 4.78. The number of hydrogen-bond donors (Lipinski definition) is 1. The molecule has 0 heterocycles. The second-order valence-electron chi connectivity index (χ2n) is 4.78. The lowest BCUT2D eigenvalue weighted by Crippen LogP contribution is -2.38. The topological polar surface area (TPSA) is 38.5 Å². The summed E-state index contributed by atoms with van der Waals surface area (Å²) in [5.41, 5.74) is 6.78. The Hall–Kier alpha value is -1.13. The molecule has 1 unspecified atom stereocenters. The standard InChI is InChI=1S/C15H25FN2O/c1-5-12(6-2)18(3)14(10-17)11-7-8-15(19-4)13(16)9-11/h7-9,12,14H,5-6,10,17H2,1-4H3. The van der Waals surface area contributed by atoms with Crippen LogP contribution in [0, 0.1) is 5.82 Å². The van der Waals surface area contributed by atoms with Crippen LogP contribution in [0.1, 0.15) is 38.3 Å². The van der Waals surface area contributed by atoms with Crippen molar-refractivity contribution in [2.24, 2.45) is 5.73 Å². The molecule has 0 aliphatic heterocycles. The molecule has 19 heavy (non-hydrogen) atoms. The van der Waals surface area contributed by atoms with Crippen molar-refractivity contribution < 1.29 is 9.13 Å². The van der Waals surface area contributed by atoms with Crippen molar-refractivity contribution in [2.45, 2.75) is 38.8 Å². The SMILES string of the molecule is CCC(CC)N(C)C(CN)c1ccc(OC)c(F)c1. The van der Waals surface area contributed by atoms with Crippen LogP contribution in [0.4, 0.5) is 4.39 Å². The maximum Gasteiger partial charge on any atom is 0.165 e. The molecule has 0 spiro atoms. The largest absolute Gasteiger partial charge is 0.494 e. The fraction of sp³-hybridized carbons (Fsp3) is 0.600. The summed E-state index contributed by atoms with van der Waals surface area (Å²) in [6.45, 7) is 4.79. The summed E-state index contributed by atoms with van der Waals surface area (Å²) in [6.07, 6.45) is 2.12. The molecule has 0 saturated heterocycles. The van der Waals surface area contributed by atoms with Crippen LogP contribution in [0.2, 0.25) is 0 Å². The van der Waals surface area contributed by atoms with Gasteiger partial charge in [0.05, 0.1) is 7.11 Å². The molecule has 0 radical (unpaired) electrons. The van der Waals surface area contributed by atoms with Crippen molar-refractivity contribution >= 4 is 0 Å². The Kier molecular flexibility index (Phi) is 6.25. The highest BCUT2D eigenvalue weighted by Gasteiger charge is 2.22. The van der Waals surface area contributed by atoms with Crippen molar-refractivity contribution in [1.82, 2.24) is 4.90 Å². The zero-order valence-electron chi connectivity index (χ0n) is 12.3. The number of halogens is 1. The molecule has 4 heteroatoms. The summed E-state index contributed by atoms with van der Waals surface area (Å²) in [5, 5.41) is 0. The summed E-state index contributed by atoms with van der Waals surface area (Å²) >= 11 is 0. The molecule has 0 bridgehead atoms. The maximum absolute atomic E-state index is 13.8. The number of ether oxygens (including phenoxy) is 1. The molecule has 0 amide bonds. The van der Waals surface area contributed by atoms with E-state index in [1.54, 1.807) is 6.07 Å². The van der Waals surface area contributed by atoms with Gasteiger partial charge in [0.25, 0.3) is 0 Å². The van der Waals surface area contributed by atoms with Crippen molar-refractivity contribution in [1.29, 1.82) is 0 Å². The highest BCUT2D eigenvalue weighted by molar-refractivity contribution is 5.31. The number of benzene rings is 1. The molecule has 1 atom stereocenters. The first-order valence-electron chi connectivity index (χ1n) is 6.84. The van der Waals surface area contributed by atoms with E-state index in [4.69, 9.17) is 10.5 Å². The van der Waals surface area contributed by atoms with Gasteiger partial charge in [0.2, 0.25) is 0 Å². The molecule has 0 aromatic heterocycles. The Labute approximate surface area is 115 Å². The summed E-state index contributed by atoms with van der Waals surface area (Å²) in [5.74, 6) is -0.0684. The smallest absolute Gasteiger partial charge is 0.165 e. The fourth-order valence-corrected chi connectivity index (χ4v) is 2.55. The maximum atomic E-state index is 13.8. The van der Waals surface area contributed by atoms with Crippen LogP contribution < -0.4 is 10.5 Å². The first-order valence-corrected chi connectivity index (χ1v) is 6.84. The number of nitrogens with zero attached hydrogens (tertiary/aromatic N) is 1. The monoisotopic (exact) mass is 268 g/mol. The van der Waals surface area contributed by atoms with E-state index in [1.165, 1.54) is 13.2 Å². The zero-order valence-corrected chi connectivity index (χ0v) is 12.3. The highest BCUT2D eigenvalue weighted by atomic mass is 19.1.